The van der Waals surface area contributed by atoms with E-state index in [4.69, 9.17) is 21.1 Å². The van der Waals surface area contributed by atoms with Gasteiger partial charge >= 0.3 is 5.97 Å². The zero-order chi connectivity index (χ0) is 17.8. The van der Waals surface area contributed by atoms with Gasteiger partial charge in [-0.3, -0.25) is 4.79 Å². The van der Waals surface area contributed by atoms with E-state index >= 15 is 0 Å². The molecule has 0 aliphatic heterocycles. The molecule has 2 aromatic carbocycles. The second-order valence-corrected chi connectivity index (χ2v) is 5.69. The number of hydrogen-bond acceptors (Lipinski definition) is 6. The van der Waals surface area contributed by atoms with Crippen LogP contribution < -0.4 is 10.3 Å². The van der Waals surface area contributed by atoms with Gasteiger partial charge in [0.1, 0.15) is 11.3 Å². The summed E-state index contributed by atoms with van der Waals surface area (Å²) in [6, 6.07) is 11.9. The largest absolute Gasteiger partial charge is 0.482 e. The number of carbonyl (C=O) groups excluding carboxylic acids is 1. The maximum absolute atomic E-state index is 12.2. The first-order valence-electron chi connectivity index (χ1n) is 7.42. The summed E-state index contributed by atoms with van der Waals surface area (Å²) in [4.78, 5) is 24.0. The number of carbonyl (C=O) groups is 1. The van der Waals surface area contributed by atoms with E-state index in [0.717, 1.165) is 10.2 Å². The minimum Gasteiger partial charge on any atom is -0.482 e. The zero-order valence-electron chi connectivity index (χ0n) is 13.3. The van der Waals surface area contributed by atoms with Crippen LogP contribution >= 0.6 is 11.6 Å². The number of hydrogen-bond donors (Lipinski definition) is 0. The minimum atomic E-state index is -0.629. The molecule has 3 aromatic rings. The molecule has 0 atom stereocenters. The SMILES string of the molecule is Cc1cc(Cl)ccc1OCC(=O)OCn1nnc2ccccc2c1=O. The van der Waals surface area contributed by atoms with Crippen LogP contribution in [-0.4, -0.2) is 27.6 Å². The number of benzene rings is 2. The van der Waals surface area contributed by atoms with Crippen molar-refractivity contribution in [3.8, 4) is 5.75 Å². The first kappa shape index (κ1) is 16.9. The molecule has 0 aliphatic rings. The standard InChI is InChI=1S/C17H14ClN3O4/c1-11-8-12(18)6-7-15(11)24-9-16(22)25-10-21-17(23)13-4-2-3-5-14(13)19-20-21/h2-8H,9-10H2,1H3. The Hall–Kier alpha value is -2.93. The third-order valence-electron chi connectivity index (χ3n) is 3.46. The van der Waals surface area contributed by atoms with Crippen molar-refractivity contribution in [3.63, 3.8) is 0 Å². The number of ether oxygens (including phenoxy) is 2. The molecule has 128 valence electrons. The molecular formula is C17H14ClN3O4. The number of nitrogens with zero attached hydrogens (tertiary/aromatic N) is 3. The van der Waals surface area contributed by atoms with Crippen LogP contribution in [-0.2, 0) is 16.3 Å². The first-order valence-corrected chi connectivity index (χ1v) is 7.79. The van der Waals surface area contributed by atoms with Gasteiger partial charge in [0, 0.05) is 5.02 Å². The van der Waals surface area contributed by atoms with Gasteiger partial charge in [0.25, 0.3) is 5.56 Å². The normalized spacial score (nSPS) is 10.6. The molecule has 0 amide bonds. The highest BCUT2D eigenvalue weighted by Crippen LogP contribution is 2.21. The molecule has 7 nitrogen and oxygen atoms in total. The Labute approximate surface area is 147 Å². The Morgan fingerprint density at radius 1 is 1.24 bits per heavy atom. The lowest BCUT2D eigenvalue weighted by Gasteiger charge is -2.10. The molecule has 0 saturated carbocycles. The molecule has 0 aliphatic carbocycles. The molecule has 0 saturated heterocycles. The van der Waals surface area contributed by atoms with Crippen LogP contribution in [0.1, 0.15) is 5.56 Å². The summed E-state index contributed by atoms with van der Waals surface area (Å²) in [5, 5.41) is 8.64. The quantitative estimate of drug-likeness (QED) is 0.650. The Balaban J connectivity index is 1.61. The van der Waals surface area contributed by atoms with E-state index in [1.165, 1.54) is 0 Å². The van der Waals surface area contributed by atoms with Crippen molar-refractivity contribution in [1.29, 1.82) is 0 Å². The predicted octanol–water partition coefficient (Wildman–Crippen LogP) is 2.33. The van der Waals surface area contributed by atoms with E-state index in [1.807, 2.05) is 6.92 Å². The van der Waals surface area contributed by atoms with Crippen molar-refractivity contribution >= 4 is 28.5 Å². The third-order valence-corrected chi connectivity index (χ3v) is 3.69. The third kappa shape index (κ3) is 3.95. The van der Waals surface area contributed by atoms with Gasteiger partial charge in [0.2, 0.25) is 0 Å². The summed E-state index contributed by atoms with van der Waals surface area (Å²) in [6.07, 6.45) is 0. The van der Waals surface area contributed by atoms with Crippen LogP contribution in [0.15, 0.2) is 47.3 Å². The maximum atomic E-state index is 12.2. The number of aromatic nitrogens is 3. The second kappa shape index (κ2) is 7.31. The van der Waals surface area contributed by atoms with E-state index in [1.54, 1.807) is 42.5 Å². The summed E-state index contributed by atoms with van der Waals surface area (Å²) in [6.45, 7) is 1.19. The molecule has 0 spiro atoms. The maximum Gasteiger partial charge on any atom is 0.345 e. The highest BCUT2D eigenvalue weighted by molar-refractivity contribution is 6.30. The van der Waals surface area contributed by atoms with Crippen molar-refractivity contribution in [2.45, 2.75) is 13.7 Å². The van der Waals surface area contributed by atoms with Crippen molar-refractivity contribution in [3.05, 3.63) is 63.4 Å². The molecule has 0 radical (unpaired) electrons. The van der Waals surface area contributed by atoms with Gasteiger partial charge in [-0.15, -0.1) is 5.10 Å². The van der Waals surface area contributed by atoms with E-state index in [0.29, 0.717) is 21.7 Å². The van der Waals surface area contributed by atoms with Crippen LogP contribution in [0, 0.1) is 6.92 Å². The molecule has 0 bridgehead atoms. The van der Waals surface area contributed by atoms with Crippen LogP contribution in [0.2, 0.25) is 5.02 Å². The van der Waals surface area contributed by atoms with E-state index in [2.05, 4.69) is 10.3 Å². The topological polar surface area (TPSA) is 83.3 Å². The lowest BCUT2D eigenvalue weighted by molar-refractivity contribution is -0.150. The molecular weight excluding hydrogens is 346 g/mol. The van der Waals surface area contributed by atoms with Crippen LogP contribution in [0.4, 0.5) is 0 Å². The number of halogens is 1. The highest BCUT2D eigenvalue weighted by Gasteiger charge is 2.09. The predicted molar refractivity (Wildman–Crippen MR) is 91.6 cm³/mol. The summed E-state index contributed by atoms with van der Waals surface area (Å²) in [5.41, 5.74) is 0.904. The monoisotopic (exact) mass is 359 g/mol. The molecule has 0 unspecified atom stereocenters. The fourth-order valence-electron chi connectivity index (χ4n) is 2.19. The molecule has 1 aromatic heterocycles. The van der Waals surface area contributed by atoms with Crippen molar-refractivity contribution in [1.82, 2.24) is 15.0 Å². The minimum absolute atomic E-state index is 0.293. The first-order chi connectivity index (χ1) is 12.0. The van der Waals surface area contributed by atoms with Gasteiger partial charge in [-0.05, 0) is 42.8 Å². The van der Waals surface area contributed by atoms with Gasteiger partial charge in [-0.25, -0.2) is 4.79 Å². The number of esters is 1. The molecule has 1 heterocycles. The average Bonchev–Trinajstić information content (AvgIpc) is 2.60. The molecule has 8 heteroatoms. The molecule has 3 rings (SSSR count). The van der Waals surface area contributed by atoms with Crippen molar-refractivity contribution < 1.29 is 14.3 Å². The Morgan fingerprint density at radius 2 is 2.04 bits per heavy atom. The lowest BCUT2D eigenvalue weighted by atomic mass is 10.2. The number of fused-ring (bicyclic) bond motifs is 1. The smallest absolute Gasteiger partial charge is 0.345 e. The van der Waals surface area contributed by atoms with Gasteiger partial charge in [0.15, 0.2) is 13.3 Å². The Kier molecular flexibility index (Phi) is 4.95. The number of aryl methyl sites for hydroxylation is 1. The molecule has 0 fully saturated rings. The number of rotatable bonds is 5. The second-order valence-electron chi connectivity index (χ2n) is 5.26. The van der Waals surface area contributed by atoms with Gasteiger partial charge < -0.3 is 9.47 Å². The van der Waals surface area contributed by atoms with Gasteiger partial charge in [0.05, 0.1) is 5.39 Å². The average molecular weight is 360 g/mol. The zero-order valence-corrected chi connectivity index (χ0v) is 14.1. The Morgan fingerprint density at radius 3 is 2.84 bits per heavy atom. The van der Waals surface area contributed by atoms with Crippen molar-refractivity contribution in [2.24, 2.45) is 0 Å². The van der Waals surface area contributed by atoms with E-state index < -0.39 is 5.97 Å². The summed E-state index contributed by atoms with van der Waals surface area (Å²) < 4.78 is 11.4. The summed E-state index contributed by atoms with van der Waals surface area (Å²) >= 11 is 5.86. The summed E-state index contributed by atoms with van der Waals surface area (Å²) in [7, 11) is 0. The van der Waals surface area contributed by atoms with Crippen LogP contribution in [0.25, 0.3) is 10.9 Å². The fraction of sp³-hybridized carbons (Fsp3) is 0.176. The summed E-state index contributed by atoms with van der Waals surface area (Å²) in [5.74, 6) is -0.0970. The van der Waals surface area contributed by atoms with E-state index in [-0.39, 0.29) is 18.9 Å². The lowest BCUT2D eigenvalue weighted by Crippen LogP contribution is -2.27. The molecule has 25 heavy (non-hydrogen) atoms. The van der Waals surface area contributed by atoms with E-state index in [9.17, 15) is 9.59 Å². The Bertz CT molecular complexity index is 987. The molecule has 0 N–H and O–H groups in total. The highest BCUT2D eigenvalue weighted by atomic mass is 35.5. The van der Waals surface area contributed by atoms with Gasteiger partial charge in [-0.2, -0.15) is 4.68 Å². The van der Waals surface area contributed by atoms with Crippen LogP contribution in [0.5, 0.6) is 5.75 Å². The van der Waals surface area contributed by atoms with Crippen LogP contribution in [0.3, 0.4) is 0 Å². The van der Waals surface area contributed by atoms with Crippen molar-refractivity contribution in [2.75, 3.05) is 6.61 Å². The van der Waals surface area contributed by atoms with Gasteiger partial charge in [-0.1, -0.05) is 28.9 Å². The fourth-order valence-corrected chi connectivity index (χ4v) is 2.42.